The summed E-state index contributed by atoms with van der Waals surface area (Å²) in [6.07, 6.45) is 4.23. The normalized spacial score (nSPS) is 14.2. The van der Waals surface area contributed by atoms with Crippen molar-refractivity contribution in [2.45, 2.75) is 38.9 Å². The summed E-state index contributed by atoms with van der Waals surface area (Å²) in [6.45, 7) is 1.43. The number of aryl methyl sites for hydroxylation is 3. The fraction of sp³-hybridized carbons (Fsp3) is 0.545. The molecule has 0 bridgehead atoms. The predicted octanol–water partition coefficient (Wildman–Crippen LogP) is -0.629. The fourth-order valence-corrected chi connectivity index (χ4v) is 2.30. The van der Waals surface area contributed by atoms with Gasteiger partial charge < -0.3 is 5.11 Å². The molecule has 9 nitrogen and oxygen atoms in total. The number of carboxylic acid groups (broad SMARTS) is 1. The summed E-state index contributed by atoms with van der Waals surface area (Å²) in [5, 5.41) is 20.3. The molecule has 1 aliphatic heterocycles. The molecule has 0 saturated heterocycles. The molecule has 106 valence electrons. The minimum Gasteiger partial charge on any atom is -0.476 e. The monoisotopic (exact) mass is 278 g/mol. The van der Waals surface area contributed by atoms with E-state index in [2.05, 4.69) is 15.4 Å². The first kappa shape index (κ1) is 12.6. The lowest BCUT2D eigenvalue weighted by Crippen LogP contribution is -2.28. The number of aromatic carboxylic acids is 1. The van der Waals surface area contributed by atoms with E-state index in [1.165, 1.54) is 15.6 Å². The number of aromatic nitrogens is 6. The minimum atomic E-state index is -1.12. The van der Waals surface area contributed by atoms with Crippen molar-refractivity contribution in [2.24, 2.45) is 0 Å². The third kappa shape index (κ3) is 2.22. The number of carbonyl (C=O) groups is 1. The van der Waals surface area contributed by atoms with Crippen LogP contribution in [0.15, 0.2) is 11.0 Å². The number of hydrogen-bond acceptors (Lipinski definition) is 5. The third-order valence-electron chi connectivity index (χ3n) is 3.33. The van der Waals surface area contributed by atoms with Gasteiger partial charge in [0.1, 0.15) is 5.82 Å². The minimum absolute atomic E-state index is 0.110. The van der Waals surface area contributed by atoms with Crippen LogP contribution in [0.4, 0.5) is 0 Å². The highest BCUT2D eigenvalue weighted by Crippen LogP contribution is 2.09. The van der Waals surface area contributed by atoms with Gasteiger partial charge in [-0.2, -0.15) is 5.10 Å². The van der Waals surface area contributed by atoms with Gasteiger partial charge >= 0.3 is 11.7 Å². The van der Waals surface area contributed by atoms with Gasteiger partial charge in [0.2, 0.25) is 0 Å². The molecule has 3 heterocycles. The summed E-state index contributed by atoms with van der Waals surface area (Å²) in [7, 11) is 0. The highest BCUT2D eigenvalue weighted by Gasteiger charge is 2.16. The van der Waals surface area contributed by atoms with Crippen molar-refractivity contribution in [2.75, 3.05) is 0 Å². The van der Waals surface area contributed by atoms with Crippen molar-refractivity contribution < 1.29 is 9.90 Å². The highest BCUT2D eigenvalue weighted by atomic mass is 16.4. The van der Waals surface area contributed by atoms with Crippen molar-refractivity contribution in [1.29, 1.82) is 0 Å². The first-order valence-electron chi connectivity index (χ1n) is 6.45. The lowest BCUT2D eigenvalue weighted by molar-refractivity contribution is 0.0690. The molecule has 1 N–H and O–H groups in total. The molecule has 9 heteroatoms. The first-order chi connectivity index (χ1) is 9.65. The summed E-state index contributed by atoms with van der Waals surface area (Å²) < 4.78 is 4.50. The maximum atomic E-state index is 12.1. The van der Waals surface area contributed by atoms with Gasteiger partial charge in [-0.25, -0.2) is 19.0 Å². The van der Waals surface area contributed by atoms with Crippen molar-refractivity contribution in [3.8, 4) is 0 Å². The van der Waals surface area contributed by atoms with Gasteiger partial charge in [0, 0.05) is 13.0 Å². The van der Waals surface area contributed by atoms with E-state index in [1.54, 1.807) is 4.57 Å². The van der Waals surface area contributed by atoms with Crippen molar-refractivity contribution in [3.05, 3.63) is 28.2 Å². The van der Waals surface area contributed by atoms with E-state index in [1.807, 2.05) is 0 Å². The summed E-state index contributed by atoms with van der Waals surface area (Å²) in [5.74, 6) is -0.295. The average molecular weight is 278 g/mol. The molecule has 2 aromatic heterocycles. The molecule has 20 heavy (non-hydrogen) atoms. The van der Waals surface area contributed by atoms with Crippen LogP contribution >= 0.6 is 0 Å². The van der Waals surface area contributed by atoms with Gasteiger partial charge in [0.05, 0.1) is 19.3 Å². The summed E-state index contributed by atoms with van der Waals surface area (Å²) in [5.41, 5.74) is -0.222. The van der Waals surface area contributed by atoms with Gasteiger partial charge in [0.25, 0.3) is 0 Å². The summed E-state index contributed by atoms with van der Waals surface area (Å²) in [6, 6.07) is 0. The van der Waals surface area contributed by atoms with Gasteiger partial charge in [-0.3, -0.25) is 4.57 Å². The Kier molecular flexibility index (Phi) is 3.09. The zero-order valence-corrected chi connectivity index (χ0v) is 10.8. The van der Waals surface area contributed by atoms with Crippen LogP contribution in [0.25, 0.3) is 0 Å². The van der Waals surface area contributed by atoms with Crippen LogP contribution < -0.4 is 5.69 Å². The van der Waals surface area contributed by atoms with Gasteiger partial charge in [-0.1, -0.05) is 5.21 Å². The Morgan fingerprint density at radius 2 is 2.20 bits per heavy atom. The largest absolute Gasteiger partial charge is 0.476 e. The lowest BCUT2D eigenvalue weighted by Gasteiger charge is -2.09. The van der Waals surface area contributed by atoms with Crippen LogP contribution in [-0.4, -0.2) is 40.4 Å². The summed E-state index contributed by atoms with van der Waals surface area (Å²) in [4.78, 5) is 22.8. The topological polar surface area (TPSA) is 108 Å². The van der Waals surface area contributed by atoms with Crippen LogP contribution in [0.1, 0.15) is 29.2 Å². The van der Waals surface area contributed by atoms with E-state index >= 15 is 0 Å². The first-order valence-corrected chi connectivity index (χ1v) is 6.45. The number of rotatable bonds is 4. The Balaban J connectivity index is 1.73. The fourth-order valence-electron chi connectivity index (χ4n) is 2.30. The van der Waals surface area contributed by atoms with E-state index in [0.29, 0.717) is 13.1 Å². The number of fused-ring (bicyclic) bond motifs is 1. The molecule has 0 unspecified atom stereocenters. The molecule has 0 amide bonds. The van der Waals surface area contributed by atoms with E-state index in [0.717, 1.165) is 31.6 Å². The summed E-state index contributed by atoms with van der Waals surface area (Å²) >= 11 is 0. The second kappa shape index (κ2) is 4.91. The maximum absolute atomic E-state index is 12.1. The van der Waals surface area contributed by atoms with Gasteiger partial charge in [-0.15, -0.1) is 5.10 Å². The number of hydrogen-bond donors (Lipinski definition) is 1. The second-order valence-electron chi connectivity index (χ2n) is 4.70. The zero-order chi connectivity index (χ0) is 14.1. The molecule has 0 aromatic carbocycles. The SMILES string of the molecule is O=C(O)c1cn(CCn2nc3n(c2=O)CCCC3)nn1. The molecule has 1 aliphatic rings. The molecule has 0 atom stereocenters. The number of nitrogens with zero attached hydrogens (tertiary/aromatic N) is 6. The van der Waals surface area contributed by atoms with Gasteiger partial charge in [-0.05, 0) is 12.8 Å². The van der Waals surface area contributed by atoms with Crippen LogP contribution in [0.2, 0.25) is 0 Å². The Hall–Kier alpha value is -2.45. The molecule has 0 spiro atoms. The third-order valence-corrected chi connectivity index (χ3v) is 3.33. The lowest BCUT2D eigenvalue weighted by atomic mass is 10.2. The molecule has 0 fully saturated rings. The Bertz CT molecular complexity index is 697. The molecule has 3 rings (SSSR count). The van der Waals surface area contributed by atoms with Crippen molar-refractivity contribution in [1.82, 2.24) is 29.3 Å². The van der Waals surface area contributed by atoms with E-state index in [4.69, 9.17) is 5.11 Å². The standard InChI is InChI=1S/C11H14N6O3/c18-10(19)8-7-15(14-12-8)5-6-17-11(20)16-4-2-1-3-9(16)13-17/h7H,1-6H2,(H,18,19). The smallest absolute Gasteiger partial charge is 0.358 e. The van der Waals surface area contributed by atoms with Crippen LogP contribution in [0.5, 0.6) is 0 Å². The molecular weight excluding hydrogens is 264 g/mol. The molecule has 0 aliphatic carbocycles. The van der Waals surface area contributed by atoms with Crippen LogP contribution in [0.3, 0.4) is 0 Å². The van der Waals surface area contributed by atoms with Crippen molar-refractivity contribution >= 4 is 5.97 Å². The Morgan fingerprint density at radius 1 is 1.35 bits per heavy atom. The average Bonchev–Trinajstić information content (AvgIpc) is 3.03. The Morgan fingerprint density at radius 3 is 2.90 bits per heavy atom. The van der Waals surface area contributed by atoms with E-state index in [9.17, 15) is 9.59 Å². The maximum Gasteiger partial charge on any atom is 0.358 e. The molecule has 0 saturated carbocycles. The van der Waals surface area contributed by atoms with Crippen LogP contribution in [-0.2, 0) is 26.1 Å². The zero-order valence-electron chi connectivity index (χ0n) is 10.8. The molecule has 2 aromatic rings. The Labute approximate surface area is 113 Å². The quantitative estimate of drug-likeness (QED) is 0.797. The van der Waals surface area contributed by atoms with Gasteiger partial charge in [0.15, 0.2) is 5.69 Å². The second-order valence-corrected chi connectivity index (χ2v) is 4.70. The predicted molar refractivity (Wildman–Crippen MR) is 66.4 cm³/mol. The van der Waals surface area contributed by atoms with Crippen molar-refractivity contribution in [3.63, 3.8) is 0 Å². The molecule has 0 radical (unpaired) electrons. The molecular formula is C11H14N6O3. The van der Waals surface area contributed by atoms with E-state index in [-0.39, 0.29) is 11.4 Å². The van der Waals surface area contributed by atoms with Crippen LogP contribution in [0, 0.1) is 0 Å². The van der Waals surface area contributed by atoms with E-state index < -0.39 is 5.97 Å². The number of carboxylic acids is 1. The highest BCUT2D eigenvalue weighted by molar-refractivity contribution is 5.84.